The van der Waals surface area contributed by atoms with E-state index in [0.717, 1.165) is 84.8 Å². The number of pyridine rings is 1. The number of hydrogen-bond acceptors (Lipinski definition) is 7. The predicted molar refractivity (Wildman–Crippen MR) is 163 cm³/mol. The molecule has 0 spiro atoms. The van der Waals surface area contributed by atoms with Gasteiger partial charge in [0.25, 0.3) is 0 Å². The number of hydrogen-bond donors (Lipinski definition) is 2. The molecule has 9 heteroatoms. The zero-order valence-corrected chi connectivity index (χ0v) is 23.9. The minimum atomic E-state index is -0.205. The number of aromatic amines is 1. The van der Waals surface area contributed by atoms with Gasteiger partial charge >= 0.3 is 6.09 Å². The lowest BCUT2D eigenvalue weighted by atomic mass is 9.94. The average Bonchev–Trinajstić information content (AvgIpc) is 3.41. The molecule has 0 saturated carbocycles. The van der Waals surface area contributed by atoms with Crippen molar-refractivity contribution in [2.45, 2.75) is 45.4 Å². The first-order valence-electron chi connectivity index (χ1n) is 14.6. The number of anilines is 2. The number of H-pyrrole nitrogens is 1. The molecule has 0 aliphatic carbocycles. The summed E-state index contributed by atoms with van der Waals surface area (Å²) in [5, 5.41) is 8.71. The van der Waals surface area contributed by atoms with Crippen molar-refractivity contribution >= 4 is 28.5 Å². The molecule has 1 amide bonds. The van der Waals surface area contributed by atoms with Crippen LogP contribution in [0.2, 0.25) is 0 Å². The number of fused-ring (bicyclic) bond motifs is 1. The van der Waals surface area contributed by atoms with Crippen molar-refractivity contribution in [3.63, 3.8) is 0 Å². The van der Waals surface area contributed by atoms with Crippen molar-refractivity contribution in [1.82, 2.24) is 25.0 Å². The van der Waals surface area contributed by atoms with Crippen molar-refractivity contribution in [3.8, 4) is 11.3 Å². The number of piperidine rings is 1. The summed E-state index contributed by atoms with van der Waals surface area (Å²) in [6.07, 6.45) is 3.68. The summed E-state index contributed by atoms with van der Waals surface area (Å²) >= 11 is 0. The van der Waals surface area contributed by atoms with E-state index in [0.29, 0.717) is 24.6 Å². The molecule has 2 aromatic carbocycles. The third-order valence-corrected chi connectivity index (χ3v) is 8.58. The Morgan fingerprint density at radius 2 is 1.78 bits per heavy atom. The molecule has 2 atom stereocenters. The number of carbonyl (C=O) groups excluding carboxylic acids is 1. The van der Waals surface area contributed by atoms with Gasteiger partial charge < -0.3 is 20.3 Å². The highest BCUT2D eigenvalue weighted by Crippen LogP contribution is 2.31. The lowest BCUT2D eigenvalue weighted by molar-refractivity contribution is 0.0628. The minimum Gasteiger partial charge on any atom is -0.445 e. The normalized spacial score (nSPS) is 20.4. The summed E-state index contributed by atoms with van der Waals surface area (Å²) in [6, 6.07) is 20.6. The van der Waals surface area contributed by atoms with Crippen molar-refractivity contribution in [3.05, 3.63) is 72.4 Å². The van der Waals surface area contributed by atoms with Crippen molar-refractivity contribution in [2.75, 3.05) is 43.4 Å². The summed E-state index contributed by atoms with van der Waals surface area (Å²) in [7, 11) is 0. The number of aromatic nitrogens is 3. The molecule has 0 unspecified atom stereocenters. The standard InChI is InChI=1S/C32H39N7O2/c1-22-18-38(30-16-26(10-13-34-30)31-28-17-27(33)8-9-29(28)35-36-31)19-23(2)39(22)20-24-11-14-37(15-12-24)32(40)41-21-25-6-4-3-5-7-25/h3-10,13,16-17,22-24H,11-12,14-15,18-21,33H2,1-2H3,(H,35,36)/t22-,23+. The van der Waals surface area contributed by atoms with Gasteiger partial charge in [-0.1, -0.05) is 30.3 Å². The van der Waals surface area contributed by atoms with Gasteiger partial charge in [-0.05, 0) is 68.5 Å². The van der Waals surface area contributed by atoms with Crippen LogP contribution in [-0.4, -0.2) is 75.9 Å². The number of nitrogen functional groups attached to an aromatic ring is 1. The van der Waals surface area contributed by atoms with E-state index >= 15 is 0 Å². The topological polar surface area (TPSA) is 104 Å². The van der Waals surface area contributed by atoms with Gasteiger partial charge in [0.15, 0.2) is 0 Å². The summed E-state index contributed by atoms with van der Waals surface area (Å²) in [5.41, 5.74) is 10.7. The smallest absolute Gasteiger partial charge is 0.410 e. The van der Waals surface area contributed by atoms with E-state index < -0.39 is 0 Å². The number of carbonyl (C=O) groups is 1. The number of ether oxygens (including phenoxy) is 1. The largest absolute Gasteiger partial charge is 0.445 e. The molecule has 41 heavy (non-hydrogen) atoms. The Kier molecular flexibility index (Phi) is 7.78. The number of rotatable bonds is 6. The van der Waals surface area contributed by atoms with E-state index in [2.05, 4.69) is 39.9 Å². The van der Waals surface area contributed by atoms with Crippen molar-refractivity contribution < 1.29 is 9.53 Å². The third kappa shape index (κ3) is 6.00. The predicted octanol–water partition coefficient (Wildman–Crippen LogP) is 5.15. The van der Waals surface area contributed by atoms with Crippen molar-refractivity contribution in [2.24, 2.45) is 5.92 Å². The number of nitrogens with one attached hydrogen (secondary N) is 1. The second-order valence-corrected chi connectivity index (χ2v) is 11.6. The molecule has 2 aliphatic rings. The number of nitrogens with two attached hydrogens (primary N) is 1. The van der Waals surface area contributed by atoms with Crippen LogP contribution in [0, 0.1) is 5.92 Å². The lowest BCUT2D eigenvalue weighted by Gasteiger charge is -2.47. The molecule has 3 N–H and O–H groups in total. The highest BCUT2D eigenvalue weighted by molar-refractivity contribution is 5.95. The van der Waals surface area contributed by atoms with E-state index in [1.165, 1.54) is 0 Å². The van der Waals surface area contributed by atoms with Crippen LogP contribution in [0.15, 0.2) is 66.9 Å². The van der Waals surface area contributed by atoms with Gasteiger partial charge in [-0.2, -0.15) is 5.10 Å². The van der Waals surface area contributed by atoms with Gasteiger partial charge in [0.1, 0.15) is 18.1 Å². The maximum Gasteiger partial charge on any atom is 0.410 e. The van der Waals surface area contributed by atoms with E-state index in [1.54, 1.807) is 0 Å². The van der Waals surface area contributed by atoms with Crippen LogP contribution in [0.4, 0.5) is 16.3 Å². The maximum absolute atomic E-state index is 12.6. The first-order valence-corrected chi connectivity index (χ1v) is 14.6. The third-order valence-electron chi connectivity index (χ3n) is 8.58. The fourth-order valence-corrected chi connectivity index (χ4v) is 6.30. The van der Waals surface area contributed by atoms with Crippen LogP contribution in [0.5, 0.6) is 0 Å². The number of nitrogens with zero attached hydrogens (tertiary/aromatic N) is 5. The Morgan fingerprint density at radius 1 is 1.02 bits per heavy atom. The average molecular weight is 554 g/mol. The van der Waals surface area contributed by atoms with Crippen LogP contribution in [-0.2, 0) is 11.3 Å². The second kappa shape index (κ2) is 11.8. The van der Waals surface area contributed by atoms with Gasteiger partial charge in [0.2, 0.25) is 0 Å². The van der Waals surface area contributed by atoms with Crippen LogP contribution in [0.3, 0.4) is 0 Å². The zero-order valence-electron chi connectivity index (χ0n) is 23.9. The molecule has 9 nitrogen and oxygen atoms in total. The molecular weight excluding hydrogens is 514 g/mol. The summed E-state index contributed by atoms with van der Waals surface area (Å²) in [5.74, 6) is 1.55. The van der Waals surface area contributed by atoms with Crippen LogP contribution in [0.25, 0.3) is 22.2 Å². The minimum absolute atomic E-state index is 0.205. The maximum atomic E-state index is 12.6. The lowest BCUT2D eigenvalue weighted by Crippen LogP contribution is -2.58. The Morgan fingerprint density at radius 3 is 2.54 bits per heavy atom. The molecule has 214 valence electrons. The molecule has 2 aliphatic heterocycles. The number of benzene rings is 2. The molecule has 2 fully saturated rings. The van der Waals surface area contributed by atoms with E-state index in [4.69, 9.17) is 15.5 Å². The summed E-state index contributed by atoms with van der Waals surface area (Å²) in [4.78, 5) is 24.2. The monoisotopic (exact) mass is 553 g/mol. The molecule has 4 aromatic rings. The fourth-order valence-electron chi connectivity index (χ4n) is 6.30. The van der Waals surface area contributed by atoms with Gasteiger partial charge in [0.05, 0.1) is 5.52 Å². The Bertz CT molecular complexity index is 1470. The van der Waals surface area contributed by atoms with E-state index in [1.807, 2.05) is 65.7 Å². The van der Waals surface area contributed by atoms with Crippen molar-refractivity contribution in [1.29, 1.82) is 0 Å². The molecule has 2 saturated heterocycles. The van der Waals surface area contributed by atoms with Crippen LogP contribution < -0.4 is 10.6 Å². The van der Waals surface area contributed by atoms with Gasteiger partial charge in [-0.15, -0.1) is 0 Å². The molecule has 0 bridgehead atoms. The molecule has 4 heterocycles. The Labute approximate surface area is 241 Å². The molecule has 6 rings (SSSR count). The quantitative estimate of drug-likeness (QED) is 0.318. The first kappa shape index (κ1) is 27.1. The fraction of sp³-hybridized carbons (Fsp3) is 0.406. The molecule has 0 radical (unpaired) electrons. The van der Waals surface area contributed by atoms with Crippen LogP contribution >= 0.6 is 0 Å². The second-order valence-electron chi connectivity index (χ2n) is 11.6. The Hall–Kier alpha value is -4.11. The number of likely N-dealkylation sites (tertiary alicyclic amines) is 1. The van der Waals surface area contributed by atoms with Crippen LogP contribution in [0.1, 0.15) is 32.3 Å². The summed E-state index contributed by atoms with van der Waals surface area (Å²) < 4.78 is 5.55. The first-order chi connectivity index (χ1) is 19.9. The molecular formula is C32H39N7O2. The SMILES string of the molecule is C[C@@H]1CN(c2cc(-c3n[nH]c4ccc(N)cc34)ccn2)C[C@H](C)N1CC1CCN(C(=O)OCc2ccccc2)CC1. The molecule has 2 aromatic heterocycles. The highest BCUT2D eigenvalue weighted by atomic mass is 16.6. The van der Waals surface area contributed by atoms with Gasteiger partial charge in [0, 0.05) is 67.6 Å². The van der Waals surface area contributed by atoms with E-state index in [9.17, 15) is 4.79 Å². The number of piperazine rings is 1. The van der Waals surface area contributed by atoms with Gasteiger partial charge in [-0.25, -0.2) is 9.78 Å². The van der Waals surface area contributed by atoms with E-state index in [-0.39, 0.29) is 6.09 Å². The number of amides is 1. The highest BCUT2D eigenvalue weighted by Gasteiger charge is 2.33. The zero-order chi connectivity index (χ0) is 28.3. The van der Waals surface area contributed by atoms with Gasteiger partial charge in [-0.3, -0.25) is 10.00 Å². The Balaban J connectivity index is 1.03. The summed E-state index contributed by atoms with van der Waals surface area (Å²) in [6.45, 7) is 9.34.